The van der Waals surface area contributed by atoms with Crippen LogP contribution in [-0.2, 0) is 16.1 Å². The quantitative estimate of drug-likeness (QED) is 0.643. The molecule has 36 heavy (non-hydrogen) atoms. The van der Waals surface area contributed by atoms with E-state index in [9.17, 15) is 23.2 Å². The third kappa shape index (κ3) is 5.50. The maximum Gasteiger partial charge on any atom is 0.490 e. The molecule has 190 valence electrons. The maximum absolute atomic E-state index is 13.1. The average molecular weight is 502 g/mol. The molecule has 2 atom stereocenters. The number of nitrogens with zero attached hydrogens (tertiary/aromatic N) is 3. The lowest BCUT2D eigenvalue weighted by molar-refractivity contribution is -0.192. The number of benzene rings is 1. The number of hydrogen-bond donors (Lipinski definition) is 2. The fourth-order valence-electron chi connectivity index (χ4n) is 4.60. The topological polar surface area (TPSA) is 116 Å². The third-order valence-electron chi connectivity index (χ3n) is 6.51. The molecule has 0 spiro atoms. The number of nitriles is 1. The van der Waals surface area contributed by atoms with Gasteiger partial charge in [0.2, 0.25) is 0 Å². The highest BCUT2D eigenvalue weighted by atomic mass is 19.4. The predicted molar refractivity (Wildman–Crippen MR) is 122 cm³/mol. The van der Waals surface area contributed by atoms with Gasteiger partial charge >= 0.3 is 12.1 Å². The molecule has 2 aliphatic heterocycles. The van der Waals surface area contributed by atoms with Gasteiger partial charge in [-0.25, -0.2) is 9.78 Å². The lowest BCUT2D eigenvalue weighted by atomic mass is 9.97. The molecule has 1 aromatic heterocycles. The number of carbonyl (C=O) groups is 2. The molecule has 0 radical (unpaired) electrons. The average Bonchev–Trinajstić information content (AvgIpc) is 3.51. The van der Waals surface area contributed by atoms with Gasteiger partial charge in [0.25, 0.3) is 5.91 Å². The molecule has 1 amide bonds. The number of carbonyl (C=O) groups excluding carboxylic acids is 1. The zero-order valence-corrected chi connectivity index (χ0v) is 19.5. The number of nitrogens with one attached hydrogen (secondary N) is 1. The first-order valence-electron chi connectivity index (χ1n) is 11.5. The first-order valence-corrected chi connectivity index (χ1v) is 11.5. The van der Waals surface area contributed by atoms with E-state index in [1.54, 1.807) is 7.11 Å². The standard InChI is InChI=1S/C23H24N4O2.C2HF3O2/c1-29-13-17-9-18(11-25-17)27-12-16-5-7-21(26-22(16)23(27)28)20-8-14(10-24)2-6-19(20)15-3-4-15;3-2(4,5)1(6)7/h2,5-8,15,17-18,25H,3-4,9,11-13H2,1H3;(H,6,7)/t17-,18+;/m0./s1. The molecule has 3 aliphatic rings. The van der Waals surface area contributed by atoms with Gasteiger partial charge in [0.1, 0.15) is 5.69 Å². The Kier molecular flexibility index (Phi) is 7.28. The Morgan fingerprint density at radius 1 is 1.31 bits per heavy atom. The predicted octanol–water partition coefficient (Wildman–Crippen LogP) is 3.46. The molecule has 1 aromatic carbocycles. The van der Waals surface area contributed by atoms with Crippen LogP contribution in [0.2, 0.25) is 0 Å². The molecular weight excluding hydrogens is 477 g/mol. The smallest absolute Gasteiger partial charge is 0.475 e. The molecule has 3 heterocycles. The van der Waals surface area contributed by atoms with Gasteiger partial charge in [-0.15, -0.1) is 0 Å². The van der Waals surface area contributed by atoms with E-state index in [-0.39, 0.29) is 11.9 Å². The minimum absolute atomic E-state index is 0.0103. The van der Waals surface area contributed by atoms with Crippen LogP contribution in [-0.4, -0.2) is 65.4 Å². The molecule has 2 aromatic rings. The Bertz CT molecular complexity index is 1210. The summed E-state index contributed by atoms with van der Waals surface area (Å²) in [4.78, 5) is 28.8. The lowest BCUT2D eigenvalue weighted by Crippen LogP contribution is -2.37. The van der Waals surface area contributed by atoms with Crippen molar-refractivity contribution in [2.45, 2.75) is 50.0 Å². The minimum Gasteiger partial charge on any atom is -0.475 e. The Balaban J connectivity index is 0.000000384. The van der Waals surface area contributed by atoms with Gasteiger partial charge in [-0.3, -0.25) is 4.79 Å². The van der Waals surface area contributed by atoms with E-state index in [0.29, 0.717) is 36.4 Å². The summed E-state index contributed by atoms with van der Waals surface area (Å²) in [6.07, 6.45) is -1.84. The molecule has 2 N–H and O–H groups in total. The van der Waals surface area contributed by atoms with Crippen molar-refractivity contribution in [3.8, 4) is 17.3 Å². The lowest BCUT2D eigenvalue weighted by Gasteiger charge is -2.22. The van der Waals surface area contributed by atoms with Crippen LogP contribution in [0.5, 0.6) is 0 Å². The van der Waals surface area contributed by atoms with Crippen molar-refractivity contribution in [2.75, 3.05) is 20.3 Å². The number of pyridine rings is 1. The van der Waals surface area contributed by atoms with E-state index in [1.807, 2.05) is 29.2 Å². The molecule has 1 aliphatic carbocycles. The summed E-state index contributed by atoms with van der Waals surface area (Å²) in [6, 6.07) is 12.6. The van der Waals surface area contributed by atoms with Crippen LogP contribution >= 0.6 is 0 Å². The number of ether oxygens (including phenoxy) is 1. The Labute approximate surface area is 205 Å². The van der Waals surface area contributed by atoms with Crippen molar-refractivity contribution in [3.63, 3.8) is 0 Å². The fraction of sp³-hybridized carbons (Fsp3) is 0.440. The monoisotopic (exact) mass is 502 g/mol. The van der Waals surface area contributed by atoms with Crippen molar-refractivity contribution < 1.29 is 32.6 Å². The van der Waals surface area contributed by atoms with Gasteiger partial charge in [-0.1, -0.05) is 12.1 Å². The minimum atomic E-state index is -5.08. The molecule has 1 saturated heterocycles. The number of aliphatic carboxylic acids is 1. The second kappa shape index (κ2) is 10.2. The van der Waals surface area contributed by atoms with Gasteiger partial charge in [0.15, 0.2) is 0 Å². The van der Waals surface area contributed by atoms with Crippen LogP contribution in [0.4, 0.5) is 13.2 Å². The van der Waals surface area contributed by atoms with Crippen molar-refractivity contribution >= 4 is 11.9 Å². The summed E-state index contributed by atoms with van der Waals surface area (Å²) >= 11 is 0. The number of amides is 1. The normalized spacial score (nSPS) is 21.0. The molecule has 8 nitrogen and oxygen atoms in total. The number of carboxylic acids is 1. The van der Waals surface area contributed by atoms with Gasteiger partial charge in [0, 0.05) is 43.4 Å². The maximum atomic E-state index is 13.1. The highest BCUT2D eigenvalue weighted by Crippen LogP contribution is 2.44. The first kappa shape index (κ1) is 25.6. The summed E-state index contributed by atoms with van der Waals surface area (Å²) in [5, 5.41) is 19.9. The highest BCUT2D eigenvalue weighted by Gasteiger charge is 2.39. The van der Waals surface area contributed by atoms with Gasteiger partial charge in [-0.05, 0) is 48.9 Å². The summed E-state index contributed by atoms with van der Waals surface area (Å²) in [7, 11) is 1.70. The molecule has 1 saturated carbocycles. The van der Waals surface area contributed by atoms with Crippen LogP contribution in [0.1, 0.15) is 52.4 Å². The van der Waals surface area contributed by atoms with Gasteiger partial charge < -0.3 is 20.1 Å². The number of rotatable bonds is 5. The van der Waals surface area contributed by atoms with Gasteiger partial charge in [0.05, 0.1) is 23.9 Å². The molecular formula is C25H25F3N4O4. The number of methoxy groups -OCH3 is 1. The fourth-order valence-corrected chi connectivity index (χ4v) is 4.60. The van der Waals surface area contributed by atoms with Crippen molar-refractivity contribution in [3.05, 3.63) is 52.7 Å². The van der Waals surface area contributed by atoms with E-state index in [1.165, 1.54) is 18.4 Å². The third-order valence-corrected chi connectivity index (χ3v) is 6.51. The summed E-state index contributed by atoms with van der Waals surface area (Å²) in [5.41, 5.74) is 5.19. The number of hydrogen-bond acceptors (Lipinski definition) is 6. The second-order valence-corrected chi connectivity index (χ2v) is 9.08. The Hall–Kier alpha value is -3.49. The Morgan fingerprint density at radius 2 is 2.03 bits per heavy atom. The molecule has 2 fully saturated rings. The number of halogens is 3. The summed E-state index contributed by atoms with van der Waals surface area (Å²) < 4.78 is 37.0. The first-order chi connectivity index (χ1) is 17.1. The molecule has 5 rings (SSSR count). The van der Waals surface area contributed by atoms with Crippen LogP contribution in [0.15, 0.2) is 30.3 Å². The van der Waals surface area contributed by atoms with Crippen LogP contribution < -0.4 is 5.32 Å². The van der Waals surface area contributed by atoms with Crippen molar-refractivity contribution in [1.82, 2.24) is 15.2 Å². The largest absolute Gasteiger partial charge is 0.490 e. The number of aromatic nitrogens is 1. The van der Waals surface area contributed by atoms with E-state index in [0.717, 1.165) is 29.8 Å². The molecule has 0 unspecified atom stereocenters. The van der Waals surface area contributed by atoms with E-state index in [2.05, 4.69) is 17.5 Å². The Morgan fingerprint density at radius 3 is 2.64 bits per heavy atom. The van der Waals surface area contributed by atoms with Crippen molar-refractivity contribution in [1.29, 1.82) is 5.26 Å². The van der Waals surface area contributed by atoms with Crippen LogP contribution in [0.3, 0.4) is 0 Å². The van der Waals surface area contributed by atoms with Crippen molar-refractivity contribution in [2.24, 2.45) is 0 Å². The number of alkyl halides is 3. The molecule has 11 heteroatoms. The zero-order chi connectivity index (χ0) is 26.0. The number of fused-ring (bicyclic) bond motifs is 1. The van der Waals surface area contributed by atoms with E-state index >= 15 is 0 Å². The summed E-state index contributed by atoms with van der Waals surface area (Å²) in [5.74, 6) is -2.20. The second-order valence-electron chi connectivity index (χ2n) is 9.08. The zero-order valence-electron chi connectivity index (χ0n) is 19.5. The summed E-state index contributed by atoms with van der Waals surface area (Å²) in [6.45, 7) is 2.06. The van der Waals surface area contributed by atoms with E-state index < -0.39 is 12.1 Å². The highest BCUT2D eigenvalue weighted by molar-refractivity contribution is 5.97. The van der Waals surface area contributed by atoms with Gasteiger partial charge in [-0.2, -0.15) is 18.4 Å². The molecule has 0 bridgehead atoms. The SMILES string of the molecule is COC[C@@H]1C[C@@H](N2Cc3ccc(-c4cc(C#N)ccc4C4CC4)nc3C2=O)CN1.O=C(O)C(F)(F)F. The van der Waals surface area contributed by atoms with Crippen LogP contribution in [0.25, 0.3) is 11.3 Å². The van der Waals surface area contributed by atoms with E-state index in [4.69, 9.17) is 19.6 Å². The van der Waals surface area contributed by atoms with Crippen LogP contribution in [0, 0.1) is 11.3 Å². The number of carboxylic acid groups (broad SMARTS) is 1.